The van der Waals surface area contributed by atoms with Gasteiger partial charge in [-0.3, -0.25) is 9.48 Å². The Morgan fingerprint density at radius 2 is 2.03 bits per heavy atom. The second kappa shape index (κ2) is 9.20. The molecule has 1 saturated carbocycles. The summed E-state index contributed by atoms with van der Waals surface area (Å²) in [5, 5.41) is 17.0. The first-order chi connectivity index (χ1) is 15.7. The smallest absolute Gasteiger partial charge is 0.261 e. The van der Waals surface area contributed by atoms with Crippen molar-refractivity contribution in [3.63, 3.8) is 0 Å². The van der Waals surface area contributed by atoms with E-state index in [1.165, 1.54) is 24.8 Å². The van der Waals surface area contributed by atoms with Crippen molar-refractivity contribution in [3.05, 3.63) is 64.3 Å². The molecule has 3 aromatic heterocycles. The van der Waals surface area contributed by atoms with Crippen LogP contribution in [-0.2, 0) is 12.3 Å². The van der Waals surface area contributed by atoms with Crippen LogP contribution in [0.3, 0.4) is 0 Å². The van der Waals surface area contributed by atoms with Gasteiger partial charge in [-0.25, -0.2) is 4.68 Å². The molecule has 0 bridgehead atoms. The Balaban J connectivity index is 1.53. The van der Waals surface area contributed by atoms with Crippen LogP contribution in [0.5, 0.6) is 0 Å². The normalized spacial score (nSPS) is 14.8. The number of hydrogen-bond donors (Lipinski definition) is 2. The quantitative estimate of drug-likeness (QED) is 0.432. The van der Waals surface area contributed by atoms with Crippen molar-refractivity contribution in [1.82, 2.24) is 29.8 Å². The summed E-state index contributed by atoms with van der Waals surface area (Å²) < 4.78 is 3.87. The third-order valence-corrected chi connectivity index (χ3v) is 6.62. The molecule has 4 aromatic rings. The van der Waals surface area contributed by atoms with Crippen molar-refractivity contribution < 1.29 is 0 Å². The largest absolute Gasteiger partial charge is 0.338 e. The van der Waals surface area contributed by atoms with Gasteiger partial charge in [0.2, 0.25) is 0 Å². The highest BCUT2D eigenvalue weighted by atomic mass is 32.2. The number of rotatable bonds is 7. The highest BCUT2D eigenvalue weighted by Gasteiger charge is 2.22. The van der Waals surface area contributed by atoms with Gasteiger partial charge in [0.1, 0.15) is 5.39 Å². The first-order valence-corrected chi connectivity index (χ1v) is 12.4. The van der Waals surface area contributed by atoms with E-state index in [-0.39, 0.29) is 5.56 Å². The lowest BCUT2D eigenvalue weighted by Gasteiger charge is -2.22. The molecule has 0 amide bonds. The zero-order chi connectivity index (χ0) is 21.9. The molecule has 0 atom stereocenters. The van der Waals surface area contributed by atoms with E-state index in [1.54, 1.807) is 28.8 Å². The molecule has 1 fully saturated rings. The molecule has 1 aromatic carbocycles. The maximum Gasteiger partial charge on any atom is 0.261 e. The third kappa shape index (κ3) is 4.29. The first kappa shape index (κ1) is 20.8. The van der Waals surface area contributed by atoms with Gasteiger partial charge in [0.25, 0.3) is 5.56 Å². The van der Waals surface area contributed by atoms with Crippen LogP contribution in [0.2, 0.25) is 0 Å². The van der Waals surface area contributed by atoms with Crippen LogP contribution < -0.4 is 10.9 Å². The summed E-state index contributed by atoms with van der Waals surface area (Å²) in [6, 6.07) is 8.71. The minimum Gasteiger partial charge on any atom is -0.338 e. The van der Waals surface area contributed by atoms with Crippen molar-refractivity contribution in [2.75, 3.05) is 11.6 Å². The number of anilines is 2. The molecule has 3 heterocycles. The van der Waals surface area contributed by atoms with Gasteiger partial charge < -0.3 is 10.3 Å². The standard InChI is InChI=1S/C23H27N7OS/c1-32-15-17-11-16(14-29-10-9-25-28-29)12-18(13-17)26-22-21-20(7-8-24-23(21)31)30(27-22)19-5-3-2-4-6-19/h7-13,19H,2-6,14-15H2,1H3,(H,24,31)(H,26,27). The lowest BCUT2D eigenvalue weighted by molar-refractivity contribution is 0.338. The number of hydrogen-bond acceptors (Lipinski definition) is 6. The highest BCUT2D eigenvalue weighted by Crippen LogP contribution is 2.33. The monoisotopic (exact) mass is 449 g/mol. The Morgan fingerprint density at radius 1 is 1.19 bits per heavy atom. The number of thioether (sulfide) groups is 1. The second-order valence-corrected chi connectivity index (χ2v) is 9.21. The predicted molar refractivity (Wildman–Crippen MR) is 129 cm³/mol. The van der Waals surface area contributed by atoms with E-state index in [0.717, 1.165) is 35.4 Å². The molecule has 166 valence electrons. The van der Waals surface area contributed by atoms with Gasteiger partial charge in [-0.1, -0.05) is 30.5 Å². The van der Waals surface area contributed by atoms with E-state index in [0.29, 0.717) is 23.8 Å². The number of benzene rings is 1. The van der Waals surface area contributed by atoms with Gasteiger partial charge in [0.05, 0.1) is 24.3 Å². The summed E-state index contributed by atoms with van der Waals surface area (Å²) >= 11 is 1.78. The molecule has 2 N–H and O–H groups in total. The number of fused-ring (bicyclic) bond motifs is 1. The fraction of sp³-hybridized carbons (Fsp3) is 0.391. The summed E-state index contributed by atoms with van der Waals surface area (Å²) in [4.78, 5) is 15.6. The van der Waals surface area contributed by atoms with Crippen LogP contribution >= 0.6 is 11.8 Å². The first-order valence-electron chi connectivity index (χ1n) is 11.0. The molecule has 0 aliphatic heterocycles. The summed E-state index contributed by atoms with van der Waals surface area (Å²) in [7, 11) is 0. The van der Waals surface area contributed by atoms with Crippen molar-refractivity contribution in [2.24, 2.45) is 0 Å². The Bertz CT molecular complexity index is 1260. The molecule has 5 rings (SSSR count). The predicted octanol–water partition coefficient (Wildman–Crippen LogP) is 4.48. The van der Waals surface area contributed by atoms with Gasteiger partial charge in [0.15, 0.2) is 5.82 Å². The molecule has 9 heteroatoms. The Hall–Kier alpha value is -3.07. The van der Waals surface area contributed by atoms with Crippen LogP contribution in [0, 0.1) is 0 Å². The van der Waals surface area contributed by atoms with Gasteiger partial charge in [-0.05, 0) is 48.4 Å². The maximum absolute atomic E-state index is 12.8. The van der Waals surface area contributed by atoms with Crippen LogP contribution in [-0.4, -0.2) is 36.0 Å². The SMILES string of the molecule is CSCc1cc(Cn2ccnn2)cc(Nc2nn(C3CCCCC3)c3cc[nH]c(=O)c23)c1. The number of aromatic nitrogens is 6. The Labute approximate surface area is 190 Å². The van der Waals surface area contributed by atoms with Crippen LogP contribution in [0.15, 0.2) is 47.7 Å². The van der Waals surface area contributed by atoms with Crippen molar-refractivity contribution in [2.45, 2.75) is 50.4 Å². The molecular weight excluding hydrogens is 422 g/mol. The summed E-state index contributed by atoms with van der Waals surface area (Å²) in [6.45, 7) is 0.634. The van der Waals surface area contributed by atoms with Crippen LogP contribution in [0.4, 0.5) is 11.5 Å². The molecule has 0 saturated heterocycles. The van der Waals surface area contributed by atoms with Gasteiger partial charge in [-0.15, -0.1) is 5.10 Å². The van der Waals surface area contributed by atoms with E-state index in [4.69, 9.17) is 5.10 Å². The third-order valence-electron chi connectivity index (χ3n) is 5.99. The van der Waals surface area contributed by atoms with Gasteiger partial charge >= 0.3 is 0 Å². The fourth-order valence-corrected chi connectivity index (χ4v) is 5.11. The highest BCUT2D eigenvalue weighted by molar-refractivity contribution is 7.97. The summed E-state index contributed by atoms with van der Waals surface area (Å²) in [5.74, 6) is 1.51. The van der Waals surface area contributed by atoms with Gasteiger partial charge in [0, 0.05) is 23.8 Å². The summed E-state index contributed by atoms with van der Waals surface area (Å²) in [6.07, 6.45) is 13.2. The number of nitrogens with one attached hydrogen (secondary N) is 2. The van der Waals surface area contributed by atoms with Crippen LogP contribution in [0.1, 0.15) is 49.3 Å². The molecule has 0 radical (unpaired) electrons. The van der Waals surface area contributed by atoms with E-state index < -0.39 is 0 Å². The number of pyridine rings is 1. The number of H-pyrrole nitrogens is 1. The molecule has 0 unspecified atom stereocenters. The lowest BCUT2D eigenvalue weighted by Crippen LogP contribution is -2.14. The minimum absolute atomic E-state index is 0.116. The Kier molecular flexibility index (Phi) is 5.98. The molecule has 1 aliphatic carbocycles. The van der Waals surface area contributed by atoms with Crippen molar-refractivity contribution >= 4 is 34.2 Å². The zero-order valence-corrected chi connectivity index (χ0v) is 18.9. The molecule has 0 spiro atoms. The van der Waals surface area contributed by atoms with E-state index >= 15 is 0 Å². The molecule has 1 aliphatic rings. The molecular formula is C23H27N7OS. The number of aromatic amines is 1. The molecule has 32 heavy (non-hydrogen) atoms. The van der Waals surface area contributed by atoms with Crippen LogP contribution in [0.25, 0.3) is 10.9 Å². The second-order valence-electron chi connectivity index (χ2n) is 8.35. The van der Waals surface area contributed by atoms with E-state index in [9.17, 15) is 4.79 Å². The van der Waals surface area contributed by atoms with Gasteiger partial charge in [-0.2, -0.15) is 16.9 Å². The molecule has 8 nitrogen and oxygen atoms in total. The zero-order valence-electron chi connectivity index (χ0n) is 18.1. The topological polar surface area (TPSA) is 93.4 Å². The van der Waals surface area contributed by atoms with E-state index in [2.05, 4.69) is 49.7 Å². The van der Waals surface area contributed by atoms with E-state index in [1.807, 2.05) is 12.3 Å². The maximum atomic E-state index is 12.8. The fourth-order valence-electron chi connectivity index (χ4n) is 4.61. The average molecular weight is 450 g/mol. The average Bonchev–Trinajstić information content (AvgIpc) is 3.43. The lowest BCUT2D eigenvalue weighted by atomic mass is 9.95. The Morgan fingerprint density at radius 3 is 2.81 bits per heavy atom. The van der Waals surface area contributed by atoms with Crippen molar-refractivity contribution in [1.29, 1.82) is 0 Å². The number of nitrogens with zero attached hydrogens (tertiary/aromatic N) is 5. The minimum atomic E-state index is -0.116. The van der Waals surface area contributed by atoms with Crippen molar-refractivity contribution in [3.8, 4) is 0 Å². The summed E-state index contributed by atoms with van der Waals surface area (Å²) in [5.41, 5.74) is 4.03.